The van der Waals surface area contributed by atoms with Gasteiger partial charge < -0.3 is 5.73 Å². The first-order chi connectivity index (χ1) is 5.35. The standard InChI is InChI=1S/C10H17N/c1-2-7-3-8-5-9(6-11)10(8)4-7/h4,8-10H,2-3,5-6,11H2,1H3/t8-,9-,10+/m0/s1. The Morgan fingerprint density at radius 3 is 3.09 bits per heavy atom. The van der Waals surface area contributed by atoms with Gasteiger partial charge >= 0.3 is 0 Å². The molecule has 0 saturated heterocycles. The first-order valence-electron chi connectivity index (χ1n) is 4.74. The summed E-state index contributed by atoms with van der Waals surface area (Å²) in [5.41, 5.74) is 7.32. The highest BCUT2D eigenvalue weighted by molar-refractivity contribution is 5.19. The van der Waals surface area contributed by atoms with E-state index < -0.39 is 0 Å². The molecule has 0 radical (unpaired) electrons. The van der Waals surface area contributed by atoms with Crippen LogP contribution >= 0.6 is 0 Å². The van der Waals surface area contributed by atoms with E-state index in [1.165, 1.54) is 19.3 Å². The van der Waals surface area contributed by atoms with Gasteiger partial charge in [0.25, 0.3) is 0 Å². The molecule has 0 unspecified atom stereocenters. The maximum atomic E-state index is 5.65. The topological polar surface area (TPSA) is 26.0 Å². The van der Waals surface area contributed by atoms with E-state index in [0.717, 1.165) is 24.3 Å². The zero-order valence-electron chi connectivity index (χ0n) is 7.22. The first kappa shape index (κ1) is 7.35. The molecule has 2 aliphatic rings. The Balaban J connectivity index is 2.00. The van der Waals surface area contributed by atoms with Crippen molar-refractivity contribution in [2.45, 2.75) is 26.2 Å². The SMILES string of the molecule is CCC1=C[C@H]2[C@H](CN)C[C@@H]2C1. The molecule has 0 spiro atoms. The molecular formula is C10H17N. The maximum absolute atomic E-state index is 5.65. The maximum Gasteiger partial charge on any atom is -0.00430 e. The molecule has 0 aromatic carbocycles. The Morgan fingerprint density at radius 2 is 2.45 bits per heavy atom. The second-order valence-electron chi connectivity index (χ2n) is 3.95. The molecule has 0 aliphatic heterocycles. The van der Waals surface area contributed by atoms with Crippen molar-refractivity contribution in [3.63, 3.8) is 0 Å². The lowest BCUT2D eigenvalue weighted by molar-refractivity contribution is 0.137. The molecule has 2 aliphatic carbocycles. The average molecular weight is 151 g/mol. The van der Waals surface area contributed by atoms with Gasteiger partial charge in [-0.3, -0.25) is 0 Å². The molecule has 3 atom stereocenters. The van der Waals surface area contributed by atoms with Crippen molar-refractivity contribution in [2.24, 2.45) is 23.5 Å². The fraction of sp³-hybridized carbons (Fsp3) is 0.800. The highest BCUT2D eigenvalue weighted by Crippen LogP contribution is 2.49. The Bertz CT molecular complexity index is 183. The van der Waals surface area contributed by atoms with Crippen LogP contribution in [0.5, 0.6) is 0 Å². The summed E-state index contributed by atoms with van der Waals surface area (Å²) in [6.07, 6.45) is 6.51. The molecule has 1 fully saturated rings. The van der Waals surface area contributed by atoms with Crippen LogP contribution in [0, 0.1) is 17.8 Å². The highest BCUT2D eigenvalue weighted by Gasteiger charge is 2.41. The quantitative estimate of drug-likeness (QED) is 0.600. The first-order valence-corrected chi connectivity index (χ1v) is 4.74. The molecule has 62 valence electrons. The van der Waals surface area contributed by atoms with E-state index in [1.807, 2.05) is 0 Å². The van der Waals surface area contributed by atoms with Gasteiger partial charge in [0.15, 0.2) is 0 Å². The van der Waals surface area contributed by atoms with Gasteiger partial charge in [-0.05, 0) is 43.6 Å². The molecule has 0 aromatic rings. The number of fused-ring (bicyclic) bond motifs is 1. The minimum Gasteiger partial charge on any atom is -0.330 e. The highest BCUT2D eigenvalue weighted by atomic mass is 14.6. The number of hydrogen-bond acceptors (Lipinski definition) is 1. The molecule has 2 rings (SSSR count). The third-order valence-corrected chi connectivity index (χ3v) is 3.40. The van der Waals surface area contributed by atoms with Gasteiger partial charge in [0, 0.05) is 0 Å². The molecule has 0 amide bonds. The second kappa shape index (κ2) is 2.63. The minimum atomic E-state index is 0.823. The van der Waals surface area contributed by atoms with Gasteiger partial charge in [-0.1, -0.05) is 18.6 Å². The summed E-state index contributed by atoms with van der Waals surface area (Å²) in [7, 11) is 0. The monoisotopic (exact) mass is 151 g/mol. The van der Waals surface area contributed by atoms with E-state index in [2.05, 4.69) is 13.0 Å². The van der Waals surface area contributed by atoms with Crippen molar-refractivity contribution in [2.75, 3.05) is 6.54 Å². The summed E-state index contributed by atoms with van der Waals surface area (Å²) in [5.74, 6) is 2.68. The van der Waals surface area contributed by atoms with Crippen molar-refractivity contribution in [1.82, 2.24) is 0 Å². The Morgan fingerprint density at radius 1 is 1.64 bits per heavy atom. The number of nitrogens with two attached hydrogens (primary N) is 1. The van der Waals surface area contributed by atoms with Crippen LogP contribution in [-0.2, 0) is 0 Å². The summed E-state index contributed by atoms with van der Waals surface area (Å²) in [6, 6.07) is 0. The van der Waals surface area contributed by atoms with E-state index >= 15 is 0 Å². The molecule has 0 bridgehead atoms. The Kier molecular flexibility index (Phi) is 1.76. The van der Waals surface area contributed by atoms with Crippen molar-refractivity contribution in [1.29, 1.82) is 0 Å². The second-order valence-corrected chi connectivity index (χ2v) is 3.95. The van der Waals surface area contributed by atoms with Gasteiger partial charge in [0.1, 0.15) is 0 Å². The van der Waals surface area contributed by atoms with E-state index in [4.69, 9.17) is 5.73 Å². The predicted octanol–water partition coefficient (Wildman–Crippen LogP) is 1.94. The van der Waals surface area contributed by atoms with Crippen LogP contribution < -0.4 is 5.73 Å². The summed E-state index contributed by atoms with van der Waals surface area (Å²) in [4.78, 5) is 0. The molecule has 11 heavy (non-hydrogen) atoms. The third kappa shape index (κ3) is 1.02. The van der Waals surface area contributed by atoms with Crippen molar-refractivity contribution < 1.29 is 0 Å². The summed E-state index contributed by atoms with van der Waals surface area (Å²) in [5, 5.41) is 0. The Labute approximate surface area is 68.7 Å². The van der Waals surface area contributed by atoms with E-state index in [9.17, 15) is 0 Å². The van der Waals surface area contributed by atoms with Gasteiger partial charge in [-0.15, -0.1) is 0 Å². The van der Waals surface area contributed by atoms with Crippen LogP contribution in [0.4, 0.5) is 0 Å². The lowest BCUT2D eigenvalue weighted by Crippen LogP contribution is -2.37. The normalized spacial score (nSPS) is 41.3. The molecular weight excluding hydrogens is 134 g/mol. The fourth-order valence-corrected chi connectivity index (χ4v) is 2.58. The van der Waals surface area contributed by atoms with E-state index in [1.54, 1.807) is 5.57 Å². The zero-order valence-corrected chi connectivity index (χ0v) is 7.22. The van der Waals surface area contributed by atoms with Crippen molar-refractivity contribution in [3.05, 3.63) is 11.6 Å². The van der Waals surface area contributed by atoms with Crippen LogP contribution in [0.1, 0.15) is 26.2 Å². The van der Waals surface area contributed by atoms with Gasteiger partial charge in [0.2, 0.25) is 0 Å². The molecule has 1 nitrogen and oxygen atoms in total. The fourth-order valence-electron chi connectivity index (χ4n) is 2.58. The van der Waals surface area contributed by atoms with Crippen molar-refractivity contribution in [3.8, 4) is 0 Å². The predicted molar refractivity (Wildman–Crippen MR) is 47.1 cm³/mol. The molecule has 2 N–H and O–H groups in total. The third-order valence-electron chi connectivity index (χ3n) is 3.40. The summed E-state index contributed by atoms with van der Waals surface area (Å²) >= 11 is 0. The number of hydrogen-bond donors (Lipinski definition) is 1. The van der Waals surface area contributed by atoms with Crippen LogP contribution in [0.25, 0.3) is 0 Å². The lowest BCUT2D eigenvalue weighted by Gasteiger charge is -2.39. The minimum absolute atomic E-state index is 0.823. The van der Waals surface area contributed by atoms with Crippen LogP contribution in [0.2, 0.25) is 0 Å². The molecule has 0 heterocycles. The van der Waals surface area contributed by atoms with Crippen LogP contribution in [0.15, 0.2) is 11.6 Å². The van der Waals surface area contributed by atoms with Gasteiger partial charge in [0.05, 0.1) is 0 Å². The average Bonchev–Trinajstić information content (AvgIpc) is 2.31. The van der Waals surface area contributed by atoms with Gasteiger partial charge in [-0.25, -0.2) is 0 Å². The number of rotatable bonds is 2. The van der Waals surface area contributed by atoms with E-state index in [-0.39, 0.29) is 0 Å². The number of allylic oxidation sites excluding steroid dienone is 2. The van der Waals surface area contributed by atoms with Crippen LogP contribution in [0.3, 0.4) is 0 Å². The molecule has 0 aromatic heterocycles. The molecule has 1 heteroatoms. The molecule has 1 saturated carbocycles. The summed E-state index contributed by atoms with van der Waals surface area (Å²) < 4.78 is 0. The van der Waals surface area contributed by atoms with Gasteiger partial charge in [-0.2, -0.15) is 0 Å². The largest absolute Gasteiger partial charge is 0.330 e. The smallest absolute Gasteiger partial charge is 0.00430 e. The van der Waals surface area contributed by atoms with E-state index in [0.29, 0.717) is 0 Å². The Hall–Kier alpha value is -0.300. The zero-order chi connectivity index (χ0) is 7.84. The lowest BCUT2D eigenvalue weighted by atomic mass is 9.66. The summed E-state index contributed by atoms with van der Waals surface area (Å²) in [6.45, 7) is 3.16. The van der Waals surface area contributed by atoms with Crippen molar-refractivity contribution >= 4 is 0 Å². The van der Waals surface area contributed by atoms with Crippen LogP contribution in [-0.4, -0.2) is 6.54 Å².